The predicted molar refractivity (Wildman–Crippen MR) is 99.7 cm³/mol. The highest BCUT2D eigenvalue weighted by Crippen LogP contribution is 2.56. The zero-order valence-electron chi connectivity index (χ0n) is 15.9. The topological polar surface area (TPSA) is 87.7 Å². The van der Waals surface area contributed by atoms with Gasteiger partial charge in [-0.1, -0.05) is 24.3 Å². The SMILES string of the molecule is CNC(=O)C1C2C=CC3(O2)C1C(=O)N(C1CC1)C3C(=O)NCc1ccc(F)cc1. The number of amides is 3. The molecule has 0 radical (unpaired) electrons. The summed E-state index contributed by atoms with van der Waals surface area (Å²) in [5.41, 5.74) is -0.361. The second-order valence-corrected chi connectivity index (χ2v) is 8.14. The third-order valence-corrected chi connectivity index (χ3v) is 6.43. The zero-order chi connectivity index (χ0) is 20.3. The average molecular weight is 399 g/mol. The number of nitrogens with one attached hydrogen (secondary N) is 2. The first-order valence-corrected chi connectivity index (χ1v) is 9.89. The molecule has 1 aromatic rings. The average Bonchev–Trinajstić information content (AvgIpc) is 3.32. The van der Waals surface area contributed by atoms with Crippen LogP contribution in [0.5, 0.6) is 0 Å². The Balaban J connectivity index is 1.44. The standard InChI is InChI=1S/C21H22FN3O4/c1-23-18(26)15-14-8-9-21(29-14)16(15)20(28)25(13-6-7-13)17(21)19(27)24-10-11-2-4-12(22)5-3-11/h2-5,8-9,13-17H,6-7,10H2,1H3,(H,23,26)(H,24,27). The maximum Gasteiger partial charge on any atom is 0.246 e. The Morgan fingerprint density at radius 3 is 2.62 bits per heavy atom. The number of carbonyl (C=O) groups is 3. The van der Waals surface area contributed by atoms with Crippen LogP contribution in [0.1, 0.15) is 18.4 Å². The molecule has 1 spiro atoms. The number of hydrogen-bond donors (Lipinski definition) is 2. The highest BCUT2D eigenvalue weighted by Gasteiger charge is 2.73. The van der Waals surface area contributed by atoms with Crippen molar-refractivity contribution in [3.05, 3.63) is 47.8 Å². The van der Waals surface area contributed by atoms with Crippen molar-refractivity contribution in [1.82, 2.24) is 15.5 Å². The van der Waals surface area contributed by atoms with Crippen LogP contribution < -0.4 is 10.6 Å². The number of likely N-dealkylation sites (tertiary alicyclic amines) is 1. The second-order valence-electron chi connectivity index (χ2n) is 8.14. The molecule has 7 nitrogen and oxygen atoms in total. The maximum atomic E-state index is 13.3. The summed E-state index contributed by atoms with van der Waals surface area (Å²) in [5, 5.41) is 5.49. The summed E-state index contributed by atoms with van der Waals surface area (Å²) >= 11 is 0. The highest BCUT2D eigenvalue weighted by atomic mass is 19.1. The molecule has 8 heteroatoms. The van der Waals surface area contributed by atoms with Gasteiger partial charge < -0.3 is 20.3 Å². The third-order valence-electron chi connectivity index (χ3n) is 6.43. The second kappa shape index (κ2) is 6.38. The highest BCUT2D eigenvalue weighted by molar-refractivity contribution is 6.00. The zero-order valence-corrected chi connectivity index (χ0v) is 15.9. The van der Waals surface area contributed by atoms with Crippen molar-refractivity contribution in [2.75, 3.05) is 7.05 Å². The van der Waals surface area contributed by atoms with Crippen LogP contribution in [0, 0.1) is 17.7 Å². The van der Waals surface area contributed by atoms with Gasteiger partial charge in [-0.15, -0.1) is 0 Å². The molecule has 29 heavy (non-hydrogen) atoms. The van der Waals surface area contributed by atoms with E-state index < -0.39 is 29.6 Å². The van der Waals surface area contributed by atoms with E-state index in [4.69, 9.17) is 4.74 Å². The van der Waals surface area contributed by atoms with Crippen molar-refractivity contribution in [2.45, 2.75) is 43.2 Å². The van der Waals surface area contributed by atoms with Crippen molar-refractivity contribution in [3.63, 3.8) is 0 Å². The molecule has 1 aliphatic carbocycles. The fraction of sp³-hybridized carbons (Fsp3) is 0.476. The van der Waals surface area contributed by atoms with Gasteiger partial charge in [0.2, 0.25) is 17.7 Å². The summed E-state index contributed by atoms with van der Waals surface area (Å²) in [6.45, 7) is 0.217. The Kier molecular flexibility index (Phi) is 4.03. The fourth-order valence-electron chi connectivity index (χ4n) is 5.01. The minimum Gasteiger partial charge on any atom is -0.359 e. The normalized spacial score (nSPS) is 34.4. The van der Waals surface area contributed by atoms with Gasteiger partial charge in [-0.3, -0.25) is 14.4 Å². The molecule has 2 saturated heterocycles. The molecular formula is C21H22FN3O4. The number of ether oxygens (including phenoxy) is 1. The smallest absolute Gasteiger partial charge is 0.246 e. The van der Waals surface area contributed by atoms with E-state index in [1.165, 1.54) is 19.2 Å². The van der Waals surface area contributed by atoms with Crippen LogP contribution >= 0.6 is 0 Å². The number of hydrogen-bond acceptors (Lipinski definition) is 4. The van der Waals surface area contributed by atoms with Gasteiger partial charge in [-0.05, 0) is 30.5 Å². The van der Waals surface area contributed by atoms with Crippen LogP contribution in [-0.2, 0) is 25.7 Å². The fourth-order valence-corrected chi connectivity index (χ4v) is 5.01. The van der Waals surface area contributed by atoms with Crippen LogP contribution in [-0.4, -0.2) is 53.5 Å². The van der Waals surface area contributed by atoms with Crippen LogP contribution in [0.2, 0.25) is 0 Å². The van der Waals surface area contributed by atoms with E-state index in [2.05, 4.69) is 10.6 Å². The van der Waals surface area contributed by atoms with Crippen LogP contribution in [0.4, 0.5) is 4.39 Å². The number of fused-ring (bicyclic) bond motifs is 1. The van der Waals surface area contributed by atoms with Crippen LogP contribution in [0.15, 0.2) is 36.4 Å². The monoisotopic (exact) mass is 399 g/mol. The van der Waals surface area contributed by atoms with Crippen molar-refractivity contribution >= 4 is 17.7 Å². The summed E-state index contributed by atoms with van der Waals surface area (Å²) in [6, 6.07) is 5.08. The Morgan fingerprint density at radius 2 is 1.97 bits per heavy atom. The van der Waals surface area contributed by atoms with Gasteiger partial charge >= 0.3 is 0 Å². The lowest BCUT2D eigenvalue weighted by molar-refractivity contribution is -0.142. The molecule has 0 aromatic heterocycles. The van der Waals surface area contributed by atoms with Crippen molar-refractivity contribution in [3.8, 4) is 0 Å². The summed E-state index contributed by atoms with van der Waals surface area (Å²) in [6.07, 6.45) is 4.77. The Hall–Kier alpha value is -2.74. The molecule has 1 aromatic carbocycles. The quantitative estimate of drug-likeness (QED) is 0.706. The first-order chi connectivity index (χ1) is 14.0. The molecular weight excluding hydrogens is 377 g/mol. The van der Waals surface area contributed by atoms with E-state index in [9.17, 15) is 18.8 Å². The predicted octanol–water partition coefficient (Wildman–Crippen LogP) is 0.501. The largest absolute Gasteiger partial charge is 0.359 e. The van der Waals surface area contributed by atoms with Gasteiger partial charge in [-0.2, -0.15) is 0 Å². The Bertz CT molecular complexity index is 913. The molecule has 5 atom stereocenters. The lowest BCUT2D eigenvalue weighted by Gasteiger charge is -2.32. The number of halogens is 1. The minimum absolute atomic E-state index is 0.00503. The number of rotatable bonds is 5. The lowest BCUT2D eigenvalue weighted by Crippen LogP contribution is -2.55. The van der Waals surface area contributed by atoms with Gasteiger partial charge in [0.25, 0.3) is 0 Å². The molecule has 3 heterocycles. The first kappa shape index (κ1) is 18.3. The van der Waals surface area contributed by atoms with E-state index in [1.807, 2.05) is 0 Å². The first-order valence-electron chi connectivity index (χ1n) is 9.89. The van der Waals surface area contributed by atoms with Gasteiger partial charge in [0.15, 0.2) is 0 Å². The Labute approximate surface area is 167 Å². The van der Waals surface area contributed by atoms with Crippen molar-refractivity contribution in [1.29, 1.82) is 0 Å². The summed E-state index contributed by atoms with van der Waals surface area (Å²) in [4.78, 5) is 40.7. The molecule has 2 bridgehead atoms. The van der Waals surface area contributed by atoms with Gasteiger partial charge in [0, 0.05) is 19.6 Å². The third kappa shape index (κ3) is 2.62. The molecule has 5 rings (SSSR count). The van der Waals surface area contributed by atoms with E-state index in [-0.39, 0.29) is 36.1 Å². The molecule has 152 valence electrons. The van der Waals surface area contributed by atoms with E-state index in [1.54, 1.807) is 29.2 Å². The van der Waals surface area contributed by atoms with E-state index in [0.717, 1.165) is 18.4 Å². The molecule has 1 saturated carbocycles. The molecule has 3 amide bonds. The van der Waals surface area contributed by atoms with Crippen molar-refractivity contribution in [2.24, 2.45) is 11.8 Å². The van der Waals surface area contributed by atoms with Crippen LogP contribution in [0.25, 0.3) is 0 Å². The van der Waals surface area contributed by atoms with Crippen LogP contribution in [0.3, 0.4) is 0 Å². The summed E-state index contributed by atoms with van der Waals surface area (Å²) in [7, 11) is 1.54. The minimum atomic E-state index is -1.12. The van der Waals surface area contributed by atoms with Gasteiger partial charge in [0.1, 0.15) is 17.5 Å². The van der Waals surface area contributed by atoms with E-state index >= 15 is 0 Å². The number of nitrogens with zero attached hydrogens (tertiary/aromatic N) is 1. The van der Waals surface area contributed by atoms with E-state index in [0.29, 0.717) is 0 Å². The molecule has 3 fully saturated rings. The lowest BCUT2D eigenvalue weighted by atomic mass is 9.74. The molecule has 4 aliphatic rings. The maximum absolute atomic E-state index is 13.3. The molecule has 5 unspecified atom stereocenters. The Morgan fingerprint density at radius 1 is 1.24 bits per heavy atom. The number of carbonyl (C=O) groups excluding carboxylic acids is 3. The molecule has 3 aliphatic heterocycles. The molecule has 2 N–H and O–H groups in total. The van der Waals surface area contributed by atoms with Gasteiger partial charge in [-0.25, -0.2) is 4.39 Å². The van der Waals surface area contributed by atoms with Gasteiger partial charge in [0.05, 0.1) is 17.9 Å². The number of benzene rings is 1. The summed E-state index contributed by atoms with van der Waals surface area (Å²) in [5.74, 6) is -2.42. The summed E-state index contributed by atoms with van der Waals surface area (Å²) < 4.78 is 19.3. The van der Waals surface area contributed by atoms with Crippen molar-refractivity contribution < 1.29 is 23.5 Å².